The molecule has 3 nitrogen and oxygen atoms in total. The van der Waals surface area contributed by atoms with E-state index in [1.807, 2.05) is 24.3 Å². The molecule has 1 radical (unpaired) electrons. The molecule has 0 unspecified atom stereocenters. The quantitative estimate of drug-likeness (QED) is 0.599. The lowest BCUT2D eigenvalue weighted by Gasteiger charge is -1.95. The Labute approximate surface area is 64.3 Å². The summed E-state index contributed by atoms with van der Waals surface area (Å²) in [6.45, 7) is 0. The van der Waals surface area contributed by atoms with Gasteiger partial charge in [0.2, 0.25) is 0 Å². The number of hydrogen-bond acceptors (Lipinski definition) is 2. The van der Waals surface area contributed by atoms with Gasteiger partial charge in [-0.3, -0.25) is 0 Å². The van der Waals surface area contributed by atoms with Gasteiger partial charge in [0.05, 0.1) is 18.1 Å². The zero-order chi connectivity index (χ0) is 7.52. The first-order chi connectivity index (χ1) is 5.47. The van der Waals surface area contributed by atoms with Crippen LogP contribution in [0.1, 0.15) is 0 Å². The minimum atomic E-state index is 1.00. The van der Waals surface area contributed by atoms with Gasteiger partial charge in [0.25, 0.3) is 0 Å². The standard InChI is InChI=1S/C8H6N3/c1-2-4-8(5-3-1)11-7-6-9-10-11/h2-7H. The summed E-state index contributed by atoms with van der Waals surface area (Å²) in [5.74, 6) is 0. The average Bonchev–Trinajstić information content (AvgIpc) is 2.58. The van der Waals surface area contributed by atoms with Gasteiger partial charge in [-0.25, -0.2) is 4.68 Å². The van der Waals surface area contributed by atoms with Crippen LogP contribution in [0.4, 0.5) is 0 Å². The minimum Gasteiger partial charge on any atom is -0.221 e. The highest BCUT2D eigenvalue weighted by molar-refractivity contribution is 5.28. The van der Waals surface area contributed by atoms with Crippen LogP contribution in [0, 0.1) is 6.07 Å². The van der Waals surface area contributed by atoms with Crippen LogP contribution in [-0.4, -0.2) is 15.0 Å². The number of rotatable bonds is 1. The minimum absolute atomic E-state index is 1.00. The molecule has 1 aromatic carbocycles. The summed E-state index contributed by atoms with van der Waals surface area (Å²) >= 11 is 0. The summed E-state index contributed by atoms with van der Waals surface area (Å²) in [6, 6.07) is 10.5. The van der Waals surface area contributed by atoms with Crippen molar-refractivity contribution >= 4 is 0 Å². The third kappa shape index (κ3) is 1.12. The van der Waals surface area contributed by atoms with Crippen molar-refractivity contribution in [1.82, 2.24) is 15.0 Å². The molecule has 0 fully saturated rings. The summed E-state index contributed by atoms with van der Waals surface area (Å²) in [4.78, 5) is 0. The predicted octanol–water partition coefficient (Wildman–Crippen LogP) is 1.07. The Hall–Kier alpha value is -1.64. The van der Waals surface area contributed by atoms with Crippen molar-refractivity contribution in [2.45, 2.75) is 0 Å². The maximum Gasteiger partial charge on any atom is 0.0697 e. The SMILES string of the molecule is [c]1ccc(-n2ccnn2)cc1. The fourth-order valence-electron chi connectivity index (χ4n) is 0.877. The van der Waals surface area contributed by atoms with E-state index in [1.165, 1.54) is 0 Å². The molecule has 0 saturated heterocycles. The van der Waals surface area contributed by atoms with Crippen molar-refractivity contribution in [3.05, 3.63) is 42.7 Å². The lowest BCUT2D eigenvalue weighted by Crippen LogP contribution is -1.93. The van der Waals surface area contributed by atoms with Gasteiger partial charge >= 0.3 is 0 Å². The van der Waals surface area contributed by atoms with Crippen LogP contribution in [0.2, 0.25) is 0 Å². The summed E-state index contributed by atoms with van der Waals surface area (Å²) in [7, 11) is 0. The van der Waals surface area contributed by atoms with E-state index in [2.05, 4.69) is 16.4 Å². The largest absolute Gasteiger partial charge is 0.221 e. The highest BCUT2D eigenvalue weighted by Gasteiger charge is 1.91. The fourth-order valence-corrected chi connectivity index (χ4v) is 0.877. The Morgan fingerprint density at radius 2 is 2.09 bits per heavy atom. The predicted molar refractivity (Wildman–Crippen MR) is 40.2 cm³/mol. The third-order valence-electron chi connectivity index (χ3n) is 1.39. The highest BCUT2D eigenvalue weighted by atomic mass is 15.4. The molecule has 3 heteroatoms. The van der Waals surface area contributed by atoms with Crippen LogP contribution < -0.4 is 0 Å². The molecule has 2 aromatic rings. The lowest BCUT2D eigenvalue weighted by atomic mass is 10.3. The summed E-state index contributed by atoms with van der Waals surface area (Å²) < 4.78 is 1.70. The molecule has 0 amide bonds. The maximum absolute atomic E-state index is 3.84. The fraction of sp³-hybridized carbons (Fsp3) is 0. The second-order valence-electron chi connectivity index (χ2n) is 2.11. The van der Waals surface area contributed by atoms with Gasteiger partial charge in [0.15, 0.2) is 0 Å². The monoisotopic (exact) mass is 144 g/mol. The van der Waals surface area contributed by atoms with Crippen LogP contribution in [0.15, 0.2) is 36.7 Å². The molecule has 0 aliphatic heterocycles. The summed E-state index contributed by atoms with van der Waals surface area (Å²) in [6.07, 6.45) is 3.45. The molecule has 0 saturated carbocycles. The average molecular weight is 144 g/mol. The molecule has 2 rings (SSSR count). The Kier molecular flexibility index (Phi) is 1.41. The number of aromatic nitrogens is 3. The van der Waals surface area contributed by atoms with E-state index in [0.29, 0.717) is 0 Å². The van der Waals surface area contributed by atoms with Gasteiger partial charge in [0.1, 0.15) is 0 Å². The molecular weight excluding hydrogens is 138 g/mol. The first kappa shape index (κ1) is 6.09. The number of benzene rings is 1. The van der Waals surface area contributed by atoms with Gasteiger partial charge in [-0.1, -0.05) is 17.3 Å². The van der Waals surface area contributed by atoms with E-state index < -0.39 is 0 Å². The second kappa shape index (κ2) is 2.54. The van der Waals surface area contributed by atoms with E-state index in [1.54, 1.807) is 17.1 Å². The molecule has 1 aromatic heterocycles. The van der Waals surface area contributed by atoms with E-state index in [-0.39, 0.29) is 0 Å². The summed E-state index contributed by atoms with van der Waals surface area (Å²) in [5.41, 5.74) is 1.00. The van der Waals surface area contributed by atoms with Crippen LogP contribution in [0.5, 0.6) is 0 Å². The molecule has 53 valence electrons. The first-order valence-corrected chi connectivity index (χ1v) is 3.29. The molecule has 0 aliphatic rings. The Bertz CT molecular complexity index is 312. The van der Waals surface area contributed by atoms with E-state index in [4.69, 9.17) is 0 Å². The van der Waals surface area contributed by atoms with Gasteiger partial charge in [-0.2, -0.15) is 0 Å². The molecule has 0 spiro atoms. The van der Waals surface area contributed by atoms with Crippen molar-refractivity contribution in [3.63, 3.8) is 0 Å². The third-order valence-corrected chi connectivity index (χ3v) is 1.39. The Balaban J connectivity index is 2.46. The maximum atomic E-state index is 3.84. The highest BCUT2D eigenvalue weighted by Crippen LogP contribution is 2.01. The lowest BCUT2D eigenvalue weighted by molar-refractivity contribution is 0.803. The second-order valence-corrected chi connectivity index (χ2v) is 2.11. The van der Waals surface area contributed by atoms with Gasteiger partial charge in [0, 0.05) is 0 Å². The summed E-state index contributed by atoms with van der Waals surface area (Å²) in [5, 5.41) is 7.54. The molecule has 0 bridgehead atoms. The normalized spacial score (nSPS) is 9.82. The smallest absolute Gasteiger partial charge is 0.0697 e. The molecule has 11 heavy (non-hydrogen) atoms. The van der Waals surface area contributed by atoms with Crippen LogP contribution in [0.25, 0.3) is 5.69 Å². The van der Waals surface area contributed by atoms with Crippen LogP contribution in [-0.2, 0) is 0 Å². The van der Waals surface area contributed by atoms with Crippen LogP contribution in [0.3, 0.4) is 0 Å². The molecule has 0 N–H and O–H groups in total. The van der Waals surface area contributed by atoms with Crippen molar-refractivity contribution in [1.29, 1.82) is 0 Å². The van der Waals surface area contributed by atoms with Crippen molar-refractivity contribution in [2.75, 3.05) is 0 Å². The topological polar surface area (TPSA) is 30.7 Å². The molecular formula is C8H6N3. The van der Waals surface area contributed by atoms with Gasteiger partial charge in [-0.15, -0.1) is 5.10 Å². The van der Waals surface area contributed by atoms with Crippen LogP contribution >= 0.6 is 0 Å². The van der Waals surface area contributed by atoms with Gasteiger partial charge < -0.3 is 0 Å². The molecule has 0 aliphatic carbocycles. The number of hydrogen-bond donors (Lipinski definition) is 0. The molecule has 0 atom stereocenters. The zero-order valence-corrected chi connectivity index (χ0v) is 5.81. The first-order valence-electron chi connectivity index (χ1n) is 3.29. The van der Waals surface area contributed by atoms with Crippen molar-refractivity contribution < 1.29 is 0 Å². The number of nitrogens with zero attached hydrogens (tertiary/aromatic N) is 3. The van der Waals surface area contributed by atoms with E-state index in [9.17, 15) is 0 Å². The van der Waals surface area contributed by atoms with E-state index >= 15 is 0 Å². The van der Waals surface area contributed by atoms with Crippen molar-refractivity contribution in [2.24, 2.45) is 0 Å². The van der Waals surface area contributed by atoms with Gasteiger partial charge in [-0.05, 0) is 18.2 Å². The van der Waals surface area contributed by atoms with E-state index in [0.717, 1.165) is 5.69 Å². The molecule has 1 heterocycles. The Morgan fingerprint density at radius 1 is 1.27 bits per heavy atom. The Morgan fingerprint density at radius 3 is 2.73 bits per heavy atom. The van der Waals surface area contributed by atoms with Crippen molar-refractivity contribution in [3.8, 4) is 5.69 Å². The zero-order valence-electron chi connectivity index (χ0n) is 5.81.